The lowest BCUT2D eigenvalue weighted by Gasteiger charge is -2.36. The zero-order valence-electron chi connectivity index (χ0n) is 9.83. The second kappa shape index (κ2) is 4.72. The van der Waals surface area contributed by atoms with Crippen LogP contribution in [-0.4, -0.2) is 18.1 Å². The predicted octanol–water partition coefficient (Wildman–Crippen LogP) is 2.27. The molecule has 0 amide bonds. The van der Waals surface area contributed by atoms with Crippen molar-refractivity contribution in [2.45, 2.75) is 31.3 Å². The van der Waals surface area contributed by atoms with E-state index in [1.165, 1.54) is 12.1 Å². The van der Waals surface area contributed by atoms with Gasteiger partial charge in [-0.25, -0.2) is 4.39 Å². The Morgan fingerprint density at radius 3 is 3.06 bits per heavy atom. The summed E-state index contributed by atoms with van der Waals surface area (Å²) in [6.07, 6.45) is 1.45. The fraction of sp³-hybridized carbons (Fsp3) is 0.462. The van der Waals surface area contributed by atoms with Crippen LogP contribution in [0.25, 0.3) is 0 Å². The first-order chi connectivity index (χ1) is 8.13. The van der Waals surface area contributed by atoms with Crippen LogP contribution in [0.15, 0.2) is 24.3 Å². The first-order valence-corrected chi connectivity index (χ1v) is 5.82. The molecule has 4 heteroatoms. The van der Waals surface area contributed by atoms with Gasteiger partial charge in [0.05, 0.1) is 6.07 Å². The van der Waals surface area contributed by atoms with Gasteiger partial charge in [-0.15, -0.1) is 0 Å². The van der Waals surface area contributed by atoms with E-state index in [2.05, 4.69) is 23.6 Å². The predicted molar refractivity (Wildman–Crippen MR) is 65.1 cm³/mol. The molecular weight excluding hydrogens is 217 g/mol. The lowest BCUT2D eigenvalue weighted by molar-refractivity contribution is 0.342. The van der Waals surface area contributed by atoms with E-state index < -0.39 is 5.54 Å². The van der Waals surface area contributed by atoms with Gasteiger partial charge in [0.25, 0.3) is 0 Å². The van der Waals surface area contributed by atoms with Crippen molar-refractivity contribution < 1.29 is 4.39 Å². The summed E-state index contributed by atoms with van der Waals surface area (Å²) < 4.78 is 13.1. The molecule has 1 aromatic rings. The molecule has 3 nitrogen and oxygen atoms in total. The van der Waals surface area contributed by atoms with Crippen molar-refractivity contribution in [2.75, 3.05) is 11.9 Å². The molecule has 0 radical (unpaired) electrons. The third-order valence-corrected chi connectivity index (χ3v) is 3.12. The van der Waals surface area contributed by atoms with Crippen LogP contribution in [-0.2, 0) is 0 Å². The molecular formula is C13H16FN3. The van der Waals surface area contributed by atoms with Gasteiger partial charge in [0.15, 0.2) is 0 Å². The van der Waals surface area contributed by atoms with Crippen molar-refractivity contribution in [3.63, 3.8) is 0 Å². The summed E-state index contributed by atoms with van der Waals surface area (Å²) in [5.41, 5.74) is 0.0824. The van der Waals surface area contributed by atoms with Crippen LogP contribution in [0.5, 0.6) is 0 Å². The summed E-state index contributed by atoms with van der Waals surface area (Å²) >= 11 is 0. The minimum Gasteiger partial charge on any atom is -0.367 e. The fourth-order valence-corrected chi connectivity index (χ4v) is 2.31. The molecule has 17 heavy (non-hydrogen) atoms. The van der Waals surface area contributed by atoms with Gasteiger partial charge in [-0.2, -0.15) is 5.26 Å². The van der Waals surface area contributed by atoms with Crippen molar-refractivity contribution in [3.05, 3.63) is 30.1 Å². The number of halogens is 1. The van der Waals surface area contributed by atoms with Crippen molar-refractivity contribution in [2.24, 2.45) is 0 Å². The van der Waals surface area contributed by atoms with E-state index in [0.717, 1.165) is 19.4 Å². The van der Waals surface area contributed by atoms with Crippen molar-refractivity contribution in [3.8, 4) is 6.07 Å². The van der Waals surface area contributed by atoms with Crippen LogP contribution in [0.4, 0.5) is 10.1 Å². The van der Waals surface area contributed by atoms with E-state index in [9.17, 15) is 9.65 Å². The van der Waals surface area contributed by atoms with Gasteiger partial charge >= 0.3 is 0 Å². The molecule has 1 heterocycles. The minimum absolute atomic E-state index is 0.287. The van der Waals surface area contributed by atoms with Gasteiger partial charge in [0.1, 0.15) is 11.4 Å². The molecule has 1 aliphatic rings. The van der Waals surface area contributed by atoms with Gasteiger partial charge in [-0.1, -0.05) is 6.07 Å². The highest BCUT2D eigenvalue weighted by atomic mass is 19.1. The summed E-state index contributed by atoms with van der Waals surface area (Å²) in [4.78, 5) is 0. The fourth-order valence-electron chi connectivity index (χ4n) is 2.31. The van der Waals surface area contributed by atoms with Gasteiger partial charge in [0.2, 0.25) is 0 Å². The van der Waals surface area contributed by atoms with Crippen LogP contribution in [0.2, 0.25) is 0 Å². The smallest absolute Gasteiger partial charge is 0.128 e. The van der Waals surface area contributed by atoms with Crippen LogP contribution >= 0.6 is 0 Å². The second-order valence-corrected chi connectivity index (χ2v) is 4.64. The normalized spacial score (nSPS) is 28.4. The van der Waals surface area contributed by atoms with Crippen LogP contribution in [0.1, 0.15) is 19.8 Å². The maximum atomic E-state index is 13.1. The van der Waals surface area contributed by atoms with Crippen molar-refractivity contribution >= 4 is 5.69 Å². The molecule has 1 fully saturated rings. The molecule has 2 atom stereocenters. The molecule has 1 aromatic carbocycles. The Labute approximate surface area is 101 Å². The van der Waals surface area contributed by atoms with Crippen LogP contribution < -0.4 is 10.6 Å². The third-order valence-electron chi connectivity index (χ3n) is 3.12. The van der Waals surface area contributed by atoms with E-state index in [-0.39, 0.29) is 5.82 Å². The summed E-state index contributed by atoms with van der Waals surface area (Å²) in [7, 11) is 0. The Balaban J connectivity index is 2.17. The van der Waals surface area contributed by atoms with E-state index >= 15 is 0 Å². The Morgan fingerprint density at radius 1 is 1.59 bits per heavy atom. The number of rotatable bonds is 2. The standard InChI is InChI=1S/C13H16FN3/c1-10-8-13(9-15,5-6-16-10)17-12-4-2-3-11(14)7-12/h2-4,7,10,16-17H,5-6,8H2,1H3. The SMILES string of the molecule is CC1CC(C#N)(Nc2cccc(F)c2)CCN1. The topological polar surface area (TPSA) is 47.9 Å². The first kappa shape index (κ1) is 11.9. The molecule has 2 unspecified atom stereocenters. The highest BCUT2D eigenvalue weighted by Crippen LogP contribution is 2.26. The van der Waals surface area contributed by atoms with E-state index in [0.29, 0.717) is 11.7 Å². The lowest BCUT2D eigenvalue weighted by Crippen LogP contribution is -2.50. The Bertz CT molecular complexity index is 441. The van der Waals surface area contributed by atoms with Crippen molar-refractivity contribution in [1.29, 1.82) is 5.26 Å². The van der Waals surface area contributed by atoms with E-state index in [1.807, 2.05) is 0 Å². The molecule has 2 N–H and O–H groups in total. The average Bonchev–Trinajstić information content (AvgIpc) is 2.29. The number of anilines is 1. The largest absolute Gasteiger partial charge is 0.367 e. The number of hydrogen-bond donors (Lipinski definition) is 2. The highest BCUT2D eigenvalue weighted by Gasteiger charge is 2.34. The Hall–Kier alpha value is -1.60. The minimum atomic E-state index is -0.585. The van der Waals surface area contributed by atoms with Gasteiger partial charge in [-0.05, 0) is 44.5 Å². The molecule has 1 saturated heterocycles. The zero-order valence-corrected chi connectivity index (χ0v) is 9.83. The summed E-state index contributed by atoms with van der Waals surface area (Å²) in [6.45, 7) is 2.86. The molecule has 0 spiro atoms. The molecule has 0 aromatic heterocycles. The van der Waals surface area contributed by atoms with Gasteiger partial charge in [0, 0.05) is 11.7 Å². The maximum Gasteiger partial charge on any atom is 0.128 e. The number of nitrogens with zero attached hydrogens (tertiary/aromatic N) is 1. The van der Waals surface area contributed by atoms with Gasteiger partial charge < -0.3 is 10.6 Å². The highest BCUT2D eigenvalue weighted by molar-refractivity contribution is 5.48. The van der Waals surface area contributed by atoms with Crippen molar-refractivity contribution in [1.82, 2.24) is 5.32 Å². The second-order valence-electron chi connectivity index (χ2n) is 4.64. The quantitative estimate of drug-likeness (QED) is 0.823. The molecule has 2 rings (SSSR count). The molecule has 1 aliphatic heterocycles. The zero-order chi connectivity index (χ0) is 12.3. The number of nitriles is 1. The van der Waals surface area contributed by atoms with E-state index in [1.54, 1.807) is 12.1 Å². The summed E-state index contributed by atoms with van der Waals surface area (Å²) in [5, 5.41) is 15.8. The monoisotopic (exact) mass is 233 g/mol. The summed E-state index contributed by atoms with van der Waals surface area (Å²) in [6, 6.07) is 8.89. The Kier molecular flexibility index (Phi) is 3.30. The number of hydrogen-bond acceptors (Lipinski definition) is 3. The van der Waals surface area contributed by atoms with Crippen LogP contribution in [0.3, 0.4) is 0 Å². The molecule has 0 saturated carbocycles. The molecule has 90 valence electrons. The van der Waals surface area contributed by atoms with Gasteiger partial charge in [-0.3, -0.25) is 0 Å². The number of benzene rings is 1. The first-order valence-electron chi connectivity index (χ1n) is 5.82. The third kappa shape index (κ3) is 2.75. The maximum absolute atomic E-state index is 13.1. The average molecular weight is 233 g/mol. The molecule has 0 aliphatic carbocycles. The number of nitrogens with one attached hydrogen (secondary N) is 2. The molecule has 0 bridgehead atoms. The van der Waals surface area contributed by atoms with E-state index in [4.69, 9.17) is 0 Å². The summed E-state index contributed by atoms with van der Waals surface area (Å²) in [5.74, 6) is -0.287. The number of piperidine rings is 1. The lowest BCUT2D eigenvalue weighted by atomic mass is 9.86. The Morgan fingerprint density at radius 2 is 2.41 bits per heavy atom. The van der Waals surface area contributed by atoms with Crippen LogP contribution in [0, 0.1) is 17.1 Å².